The molecule has 16 heavy (non-hydrogen) atoms. The first kappa shape index (κ1) is 12.9. The van der Waals surface area contributed by atoms with Crippen molar-refractivity contribution in [2.24, 2.45) is 0 Å². The molecule has 0 aromatic rings. The van der Waals surface area contributed by atoms with E-state index in [-0.39, 0.29) is 12.1 Å². The number of carbonyl (C=O) groups excluding carboxylic acids is 1. The van der Waals surface area contributed by atoms with Gasteiger partial charge >= 0.3 is 6.03 Å². The van der Waals surface area contributed by atoms with E-state index in [0.29, 0.717) is 0 Å². The molecule has 4 heteroatoms. The van der Waals surface area contributed by atoms with Gasteiger partial charge in [-0.3, -0.25) is 4.90 Å². The smallest absolute Gasteiger partial charge is 0.317 e. The number of urea groups is 1. The highest BCUT2D eigenvalue weighted by Gasteiger charge is 2.12. The van der Waals surface area contributed by atoms with Crippen LogP contribution in [0, 0.1) is 11.8 Å². The summed E-state index contributed by atoms with van der Waals surface area (Å²) in [5.41, 5.74) is 0. The monoisotopic (exact) mass is 223 g/mol. The van der Waals surface area contributed by atoms with E-state index in [9.17, 15) is 4.79 Å². The van der Waals surface area contributed by atoms with Gasteiger partial charge in [0.2, 0.25) is 0 Å². The third kappa shape index (κ3) is 3.74. The van der Waals surface area contributed by atoms with Crippen LogP contribution in [0.25, 0.3) is 0 Å². The van der Waals surface area contributed by atoms with Crippen LogP contribution in [0.3, 0.4) is 0 Å². The summed E-state index contributed by atoms with van der Waals surface area (Å²) in [6.45, 7) is 5.08. The van der Waals surface area contributed by atoms with E-state index in [0.717, 1.165) is 19.6 Å². The van der Waals surface area contributed by atoms with Gasteiger partial charge in [0.05, 0.1) is 12.6 Å². The highest BCUT2D eigenvalue weighted by Crippen LogP contribution is 2.05. The third-order valence-corrected chi connectivity index (χ3v) is 2.93. The molecule has 2 amide bonds. The number of amides is 2. The molecule has 0 aliphatic carbocycles. The number of likely N-dealkylation sites (tertiary alicyclic amines) is 1. The summed E-state index contributed by atoms with van der Waals surface area (Å²) in [6, 6.07) is -0.134. The molecule has 90 valence electrons. The van der Waals surface area contributed by atoms with Crippen LogP contribution in [-0.2, 0) is 0 Å². The lowest BCUT2D eigenvalue weighted by molar-refractivity contribution is 0.206. The predicted molar refractivity (Wildman–Crippen MR) is 65.1 cm³/mol. The Labute approximate surface area is 98.0 Å². The summed E-state index contributed by atoms with van der Waals surface area (Å²) in [6.07, 6.45) is 2.57. The van der Waals surface area contributed by atoms with Crippen LogP contribution < -0.4 is 5.32 Å². The molecule has 1 saturated heterocycles. The lowest BCUT2D eigenvalue weighted by Crippen LogP contribution is -2.40. The number of nitrogens with one attached hydrogen (secondary N) is 1. The van der Waals surface area contributed by atoms with Gasteiger partial charge in [0, 0.05) is 14.1 Å². The molecule has 0 aromatic heterocycles. The number of hydrogen-bond donors (Lipinski definition) is 1. The number of nitrogens with zero attached hydrogens (tertiary/aromatic N) is 2. The van der Waals surface area contributed by atoms with Crippen LogP contribution in [0.4, 0.5) is 4.79 Å². The van der Waals surface area contributed by atoms with Crippen LogP contribution in [0.5, 0.6) is 0 Å². The van der Waals surface area contributed by atoms with Gasteiger partial charge in [-0.15, -0.1) is 0 Å². The first-order valence-corrected chi connectivity index (χ1v) is 5.80. The predicted octanol–water partition coefficient (Wildman–Crippen LogP) is 0.745. The molecule has 1 aliphatic heterocycles. The fourth-order valence-corrected chi connectivity index (χ4v) is 1.69. The van der Waals surface area contributed by atoms with Crippen molar-refractivity contribution in [2.75, 3.05) is 33.7 Å². The minimum atomic E-state index is -0.0945. The van der Waals surface area contributed by atoms with Gasteiger partial charge in [-0.05, 0) is 32.9 Å². The van der Waals surface area contributed by atoms with Crippen molar-refractivity contribution < 1.29 is 4.79 Å². The molecular weight excluding hydrogens is 202 g/mol. The molecule has 0 saturated carbocycles. The lowest BCUT2D eigenvalue weighted by atomic mass is 10.3. The molecule has 1 rings (SSSR count). The first-order chi connectivity index (χ1) is 7.65. The van der Waals surface area contributed by atoms with E-state index in [4.69, 9.17) is 0 Å². The van der Waals surface area contributed by atoms with Crippen LogP contribution in [0.15, 0.2) is 0 Å². The molecule has 0 radical (unpaired) electrons. The minimum Gasteiger partial charge on any atom is -0.341 e. The lowest BCUT2D eigenvalue weighted by Gasteiger charge is -2.19. The fourth-order valence-electron chi connectivity index (χ4n) is 1.69. The topological polar surface area (TPSA) is 35.6 Å². The zero-order valence-corrected chi connectivity index (χ0v) is 10.4. The Balaban J connectivity index is 2.34. The molecule has 4 nitrogen and oxygen atoms in total. The summed E-state index contributed by atoms with van der Waals surface area (Å²) >= 11 is 0. The SMILES string of the molecule is CNC(=O)N(C)C(C)C#CCN1CCCC1. The van der Waals surface area contributed by atoms with Crippen molar-refractivity contribution in [3.05, 3.63) is 0 Å². The molecule has 0 spiro atoms. The Morgan fingerprint density at radius 3 is 2.69 bits per heavy atom. The van der Waals surface area contributed by atoms with E-state index in [1.807, 2.05) is 6.92 Å². The Morgan fingerprint density at radius 1 is 1.50 bits per heavy atom. The number of carbonyl (C=O) groups is 1. The summed E-state index contributed by atoms with van der Waals surface area (Å²) in [5.74, 6) is 6.24. The Kier molecular flexibility index (Phi) is 5.13. The van der Waals surface area contributed by atoms with E-state index < -0.39 is 0 Å². The fraction of sp³-hybridized carbons (Fsp3) is 0.750. The van der Waals surface area contributed by atoms with Crippen molar-refractivity contribution in [3.8, 4) is 11.8 Å². The minimum absolute atomic E-state index is 0.0393. The normalized spacial score (nSPS) is 17.4. The van der Waals surface area contributed by atoms with Gasteiger partial charge < -0.3 is 10.2 Å². The van der Waals surface area contributed by atoms with Crippen LogP contribution in [-0.4, -0.2) is 55.6 Å². The van der Waals surface area contributed by atoms with Gasteiger partial charge in [0.15, 0.2) is 0 Å². The van der Waals surface area contributed by atoms with Crippen LogP contribution in [0.2, 0.25) is 0 Å². The van der Waals surface area contributed by atoms with Crippen LogP contribution in [0.1, 0.15) is 19.8 Å². The summed E-state index contributed by atoms with van der Waals surface area (Å²) < 4.78 is 0. The van der Waals surface area contributed by atoms with Crippen molar-refractivity contribution in [2.45, 2.75) is 25.8 Å². The van der Waals surface area contributed by atoms with E-state index >= 15 is 0 Å². The molecule has 0 bridgehead atoms. The molecule has 1 N–H and O–H groups in total. The Bertz CT molecular complexity index is 286. The quantitative estimate of drug-likeness (QED) is 0.701. The number of rotatable bonds is 2. The zero-order chi connectivity index (χ0) is 12.0. The van der Waals surface area contributed by atoms with Gasteiger partial charge in [0.25, 0.3) is 0 Å². The standard InChI is InChI=1S/C12H21N3O/c1-11(14(3)12(16)13-2)7-6-10-15-8-4-5-9-15/h11H,4-5,8-10H2,1-3H3,(H,13,16). The summed E-state index contributed by atoms with van der Waals surface area (Å²) in [4.78, 5) is 15.3. The highest BCUT2D eigenvalue weighted by atomic mass is 16.2. The van der Waals surface area contributed by atoms with Crippen molar-refractivity contribution in [1.82, 2.24) is 15.1 Å². The highest BCUT2D eigenvalue weighted by molar-refractivity contribution is 5.74. The molecule has 1 aliphatic rings. The van der Waals surface area contributed by atoms with Gasteiger partial charge in [-0.1, -0.05) is 11.8 Å². The maximum absolute atomic E-state index is 11.3. The molecular formula is C12H21N3O. The van der Waals surface area contributed by atoms with Crippen molar-refractivity contribution in [1.29, 1.82) is 0 Å². The molecule has 0 aromatic carbocycles. The second kappa shape index (κ2) is 6.39. The van der Waals surface area contributed by atoms with E-state index in [1.54, 1.807) is 19.0 Å². The van der Waals surface area contributed by atoms with Gasteiger partial charge in [-0.25, -0.2) is 4.79 Å². The molecule has 1 fully saturated rings. The second-order valence-electron chi connectivity index (χ2n) is 4.15. The summed E-state index contributed by atoms with van der Waals surface area (Å²) in [5, 5.41) is 2.59. The van der Waals surface area contributed by atoms with Gasteiger partial charge in [-0.2, -0.15) is 0 Å². The third-order valence-electron chi connectivity index (χ3n) is 2.93. The average molecular weight is 223 g/mol. The van der Waals surface area contributed by atoms with E-state index in [1.165, 1.54) is 12.8 Å². The zero-order valence-electron chi connectivity index (χ0n) is 10.4. The van der Waals surface area contributed by atoms with Crippen molar-refractivity contribution >= 4 is 6.03 Å². The van der Waals surface area contributed by atoms with Crippen molar-refractivity contribution in [3.63, 3.8) is 0 Å². The Hall–Kier alpha value is -1.21. The first-order valence-electron chi connectivity index (χ1n) is 5.80. The largest absolute Gasteiger partial charge is 0.341 e. The molecule has 1 unspecified atom stereocenters. The van der Waals surface area contributed by atoms with E-state index in [2.05, 4.69) is 22.1 Å². The Morgan fingerprint density at radius 2 is 2.12 bits per heavy atom. The maximum Gasteiger partial charge on any atom is 0.317 e. The van der Waals surface area contributed by atoms with Crippen LogP contribution >= 0.6 is 0 Å². The average Bonchev–Trinajstić information content (AvgIpc) is 2.79. The molecule has 1 atom stereocenters. The summed E-state index contributed by atoms with van der Waals surface area (Å²) in [7, 11) is 3.39. The molecule has 1 heterocycles. The maximum atomic E-state index is 11.3. The van der Waals surface area contributed by atoms with Gasteiger partial charge in [0.1, 0.15) is 0 Å². The second-order valence-corrected chi connectivity index (χ2v) is 4.15. The number of hydrogen-bond acceptors (Lipinski definition) is 2.